The minimum Gasteiger partial charge on any atom is -0.383 e. The lowest BCUT2D eigenvalue weighted by molar-refractivity contribution is 1.06. The number of nitrogens with zero attached hydrogens (tertiary/aromatic N) is 3. The summed E-state index contributed by atoms with van der Waals surface area (Å²) in [6.45, 7) is 0.455. The zero-order valence-electron chi connectivity index (χ0n) is 32.8. The van der Waals surface area contributed by atoms with Crippen LogP contribution in [0, 0.1) is 11.3 Å². The van der Waals surface area contributed by atoms with E-state index in [1.807, 2.05) is 78.9 Å². The summed E-state index contributed by atoms with van der Waals surface area (Å²) in [5.41, 5.74) is 23.3. The molecule has 9 aromatic carbocycles. The van der Waals surface area contributed by atoms with Gasteiger partial charge in [0, 0.05) is 16.7 Å². The fraction of sp³-hybridized carbons (Fsp3) is 0.0179. The maximum atomic E-state index is 10.5. The number of nitriles is 1. The molecule has 0 spiro atoms. The van der Waals surface area contributed by atoms with Gasteiger partial charge in [-0.2, -0.15) is 5.26 Å². The third-order valence-electron chi connectivity index (χ3n) is 11.4. The van der Waals surface area contributed by atoms with Gasteiger partial charge in [0.15, 0.2) is 5.84 Å². The topological polar surface area (TPSA) is 74.5 Å². The Labute approximate surface area is 349 Å². The van der Waals surface area contributed by atoms with Crippen molar-refractivity contribution in [3.05, 3.63) is 229 Å². The second-order valence-electron chi connectivity index (χ2n) is 15.0. The number of fused-ring (bicyclic) bond motifs is 3. The van der Waals surface area contributed by atoms with Crippen molar-refractivity contribution in [1.82, 2.24) is 0 Å². The second kappa shape index (κ2) is 15.7. The second-order valence-corrected chi connectivity index (χ2v) is 15.0. The van der Waals surface area contributed by atoms with Gasteiger partial charge in [0.05, 0.1) is 18.2 Å². The number of rotatable bonds is 8. The fourth-order valence-corrected chi connectivity index (χ4v) is 8.57. The van der Waals surface area contributed by atoms with Crippen molar-refractivity contribution in [3.63, 3.8) is 0 Å². The van der Waals surface area contributed by atoms with Crippen molar-refractivity contribution in [2.24, 2.45) is 15.7 Å². The fourth-order valence-electron chi connectivity index (χ4n) is 8.57. The van der Waals surface area contributed by atoms with Gasteiger partial charge < -0.3 is 5.73 Å². The molecule has 4 nitrogen and oxygen atoms in total. The molecule has 10 rings (SSSR count). The van der Waals surface area contributed by atoms with E-state index in [-0.39, 0.29) is 0 Å². The summed E-state index contributed by atoms with van der Waals surface area (Å²) < 4.78 is 0. The van der Waals surface area contributed by atoms with Crippen molar-refractivity contribution in [1.29, 1.82) is 5.26 Å². The van der Waals surface area contributed by atoms with Crippen LogP contribution in [0.1, 0.15) is 22.3 Å². The number of hydrogen-bond acceptors (Lipinski definition) is 2. The van der Waals surface area contributed by atoms with Crippen LogP contribution in [0.25, 0.3) is 77.5 Å². The smallest absolute Gasteiger partial charge is 0.157 e. The van der Waals surface area contributed by atoms with Crippen molar-refractivity contribution in [2.75, 3.05) is 0 Å². The third kappa shape index (κ3) is 6.65. The molecule has 0 aromatic heterocycles. The summed E-state index contributed by atoms with van der Waals surface area (Å²) >= 11 is 0. The predicted octanol–water partition coefficient (Wildman–Crippen LogP) is 13.4. The van der Waals surface area contributed by atoms with Crippen LogP contribution in [-0.2, 0) is 6.54 Å². The van der Waals surface area contributed by atoms with E-state index in [1.165, 1.54) is 38.6 Å². The summed E-state index contributed by atoms with van der Waals surface area (Å²) in [5, 5.41) is 13.1. The Balaban J connectivity index is 1.07. The van der Waals surface area contributed by atoms with Crippen LogP contribution < -0.4 is 5.73 Å². The normalized spacial score (nSPS) is 12.0. The quantitative estimate of drug-likeness (QED) is 0.124. The Morgan fingerprint density at radius 2 is 0.950 bits per heavy atom. The van der Waals surface area contributed by atoms with Gasteiger partial charge in [-0.3, -0.25) is 4.99 Å². The van der Waals surface area contributed by atoms with E-state index in [9.17, 15) is 5.26 Å². The van der Waals surface area contributed by atoms with Crippen LogP contribution in [-0.4, -0.2) is 11.7 Å². The average Bonchev–Trinajstić information content (AvgIpc) is 3.65. The summed E-state index contributed by atoms with van der Waals surface area (Å²) in [4.78, 5) is 9.90. The van der Waals surface area contributed by atoms with Crippen molar-refractivity contribution < 1.29 is 0 Å². The van der Waals surface area contributed by atoms with Crippen LogP contribution in [0.3, 0.4) is 0 Å². The monoisotopic (exact) mass is 766 g/mol. The SMILES string of the molecule is N#Cc1ccc(-c2ccccc2-c2ccc3c4c(cccc24)-c2ccccc2-3)cc1-c1ccccc1-c1cccc(C(N=C(N)c2ccccc2)=NCc2ccccc2)c1. The van der Waals surface area contributed by atoms with Gasteiger partial charge in [-0.25, -0.2) is 4.99 Å². The maximum Gasteiger partial charge on any atom is 0.157 e. The first-order valence-corrected chi connectivity index (χ1v) is 20.1. The number of amidine groups is 2. The summed E-state index contributed by atoms with van der Waals surface area (Å²) in [5.74, 6) is 0.939. The lowest BCUT2D eigenvalue weighted by atomic mass is 9.86. The number of hydrogen-bond donors (Lipinski definition) is 1. The van der Waals surface area contributed by atoms with Crippen molar-refractivity contribution in [2.45, 2.75) is 6.54 Å². The Kier molecular flexibility index (Phi) is 9.46. The molecule has 0 saturated carbocycles. The minimum atomic E-state index is 0.395. The van der Waals surface area contributed by atoms with Gasteiger partial charge in [-0.05, 0) is 95.7 Å². The highest BCUT2D eigenvalue weighted by atomic mass is 15.0. The molecule has 1 aliphatic rings. The first-order chi connectivity index (χ1) is 29.6. The molecule has 282 valence electrons. The highest BCUT2D eigenvalue weighted by molar-refractivity contribution is 6.19. The molecular weight excluding hydrogens is 729 g/mol. The first-order valence-electron chi connectivity index (χ1n) is 20.1. The predicted molar refractivity (Wildman–Crippen MR) is 249 cm³/mol. The Morgan fingerprint density at radius 3 is 1.63 bits per heavy atom. The lowest BCUT2D eigenvalue weighted by Gasteiger charge is -2.17. The van der Waals surface area contributed by atoms with E-state index in [2.05, 4.69) is 133 Å². The molecule has 0 fully saturated rings. The van der Waals surface area contributed by atoms with Gasteiger partial charge in [0.25, 0.3) is 0 Å². The summed E-state index contributed by atoms with van der Waals surface area (Å²) in [6.07, 6.45) is 0. The maximum absolute atomic E-state index is 10.5. The van der Waals surface area contributed by atoms with Gasteiger partial charge in [-0.15, -0.1) is 0 Å². The van der Waals surface area contributed by atoms with E-state index in [1.54, 1.807) is 0 Å². The van der Waals surface area contributed by atoms with Crippen LogP contribution in [0.4, 0.5) is 0 Å². The molecule has 9 aromatic rings. The summed E-state index contributed by atoms with van der Waals surface area (Å²) in [6, 6.07) is 73.6. The van der Waals surface area contributed by atoms with Crippen LogP contribution in [0.5, 0.6) is 0 Å². The Bertz CT molecular complexity index is 3160. The Morgan fingerprint density at radius 1 is 0.433 bits per heavy atom. The molecular formula is C56H38N4. The van der Waals surface area contributed by atoms with E-state index in [0.29, 0.717) is 23.8 Å². The number of benzene rings is 9. The third-order valence-corrected chi connectivity index (χ3v) is 11.4. The zero-order valence-corrected chi connectivity index (χ0v) is 32.8. The van der Waals surface area contributed by atoms with Gasteiger partial charge in [0.2, 0.25) is 0 Å². The minimum absolute atomic E-state index is 0.395. The van der Waals surface area contributed by atoms with Crippen LogP contribution in [0.15, 0.2) is 216 Å². The van der Waals surface area contributed by atoms with Crippen LogP contribution in [0.2, 0.25) is 0 Å². The molecule has 4 heteroatoms. The number of nitrogens with two attached hydrogens (primary N) is 1. The standard InChI is InChI=1S/C56H38N4/c57-35-42-30-29-40(44-22-7-9-23-45(44)49-31-32-52-48-26-12-11-25-47(48)50-27-14-28-51(49)54(50)52)34-53(42)46-24-10-8-21-43(46)39-19-13-20-41(33-39)56(59-36-37-15-3-1-4-16-37)60-55(58)38-17-5-2-6-18-38/h1-34H,36H2,(H2,58,59,60). The molecule has 1 aliphatic carbocycles. The highest BCUT2D eigenvalue weighted by Crippen LogP contribution is 2.50. The van der Waals surface area contributed by atoms with Crippen molar-refractivity contribution in [3.8, 4) is 72.8 Å². The molecule has 60 heavy (non-hydrogen) atoms. The lowest BCUT2D eigenvalue weighted by Crippen LogP contribution is -2.16. The molecule has 0 unspecified atom stereocenters. The molecule has 2 N–H and O–H groups in total. The molecule has 0 saturated heterocycles. The molecule has 0 heterocycles. The largest absolute Gasteiger partial charge is 0.383 e. The Hall–Kier alpha value is -8.13. The van der Waals surface area contributed by atoms with E-state index in [4.69, 9.17) is 15.7 Å². The molecule has 0 amide bonds. The van der Waals surface area contributed by atoms with E-state index >= 15 is 0 Å². The summed E-state index contributed by atoms with van der Waals surface area (Å²) in [7, 11) is 0. The van der Waals surface area contributed by atoms with Gasteiger partial charge in [-0.1, -0.05) is 188 Å². The van der Waals surface area contributed by atoms with Gasteiger partial charge in [0.1, 0.15) is 5.84 Å². The zero-order chi connectivity index (χ0) is 40.4. The van der Waals surface area contributed by atoms with E-state index < -0.39 is 0 Å². The number of aliphatic imine (C=N–C) groups is 2. The van der Waals surface area contributed by atoms with E-state index in [0.717, 1.165) is 55.6 Å². The molecule has 0 bridgehead atoms. The van der Waals surface area contributed by atoms with Crippen LogP contribution >= 0.6 is 0 Å². The average molecular weight is 767 g/mol. The molecule has 0 aliphatic heterocycles. The van der Waals surface area contributed by atoms with Crippen molar-refractivity contribution >= 4 is 22.4 Å². The molecule has 0 atom stereocenters. The first kappa shape index (κ1) is 36.2. The highest BCUT2D eigenvalue weighted by Gasteiger charge is 2.23. The van der Waals surface area contributed by atoms with Gasteiger partial charge >= 0.3 is 0 Å². The molecule has 0 radical (unpaired) electrons.